The Balaban J connectivity index is 1.49. The fourth-order valence-electron chi connectivity index (χ4n) is 2.70. The maximum atomic E-state index is 12.3. The molecule has 2 aromatic heterocycles. The Kier molecular flexibility index (Phi) is 4.10. The molecule has 1 N–H and O–H groups in total. The van der Waals surface area contributed by atoms with Gasteiger partial charge in [0.25, 0.3) is 5.89 Å². The second-order valence-corrected chi connectivity index (χ2v) is 5.54. The van der Waals surface area contributed by atoms with E-state index in [-0.39, 0.29) is 12.5 Å². The highest BCUT2D eigenvalue weighted by Crippen LogP contribution is 2.27. The summed E-state index contributed by atoms with van der Waals surface area (Å²) < 4.78 is 15.8. The third-order valence-electron chi connectivity index (χ3n) is 3.95. The number of carbonyl (C=O) groups excluding carboxylic acids is 1. The van der Waals surface area contributed by atoms with E-state index in [9.17, 15) is 4.79 Å². The van der Waals surface area contributed by atoms with E-state index in [1.54, 1.807) is 13.3 Å². The van der Waals surface area contributed by atoms with Gasteiger partial charge in [-0.3, -0.25) is 0 Å². The molecular weight excluding hydrogens is 334 g/mol. The molecule has 0 amide bonds. The molecule has 0 saturated carbocycles. The van der Waals surface area contributed by atoms with Crippen LogP contribution in [0.1, 0.15) is 16.2 Å². The van der Waals surface area contributed by atoms with Gasteiger partial charge in [0.05, 0.1) is 18.2 Å². The van der Waals surface area contributed by atoms with Gasteiger partial charge < -0.3 is 19.0 Å². The van der Waals surface area contributed by atoms with Crippen LogP contribution < -0.4 is 4.74 Å². The molecule has 7 heteroatoms. The van der Waals surface area contributed by atoms with Gasteiger partial charge in [-0.15, -0.1) is 0 Å². The van der Waals surface area contributed by atoms with Crippen molar-refractivity contribution >= 4 is 16.9 Å². The lowest BCUT2D eigenvalue weighted by molar-refractivity contribution is 0.0432. The first-order chi connectivity index (χ1) is 12.8. The first-order valence-electron chi connectivity index (χ1n) is 7.95. The number of para-hydroxylation sites is 2. The van der Waals surface area contributed by atoms with Crippen LogP contribution >= 0.6 is 0 Å². The van der Waals surface area contributed by atoms with Crippen molar-refractivity contribution in [3.8, 4) is 17.1 Å². The molecule has 130 valence electrons. The maximum absolute atomic E-state index is 12.3. The summed E-state index contributed by atoms with van der Waals surface area (Å²) in [6.45, 7) is -0.111. The van der Waals surface area contributed by atoms with E-state index in [1.165, 1.54) is 0 Å². The highest BCUT2D eigenvalue weighted by Gasteiger charge is 2.17. The molecule has 0 saturated heterocycles. The Bertz CT molecular complexity index is 1070. The molecule has 0 unspecified atom stereocenters. The van der Waals surface area contributed by atoms with Crippen molar-refractivity contribution in [3.05, 3.63) is 66.2 Å². The second kappa shape index (κ2) is 6.72. The Morgan fingerprint density at radius 1 is 1.15 bits per heavy atom. The lowest BCUT2D eigenvalue weighted by Gasteiger charge is -2.03. The van der Waals surface area contributed by atoms with E-state index in [2.05, 4.69) is 15.1 Å². The molecular formula is C19H15N3O4. The number of nitrogens with zero attached hydrogens (tertiary/aromatic N) is 2. The summed E-state index contributed by atoms with van der Waals surface area (Å²) in [6.07, 6.45) is 1.63. The zero-order valence-corrected chi connectivity index (χ0v) is 13.9. The summed E-state index contributed by atoms with van der Waals surface area (Å²) in [5.41, 5.74) is 2.04. The van der Waals surface area contributed by atoms with Crippen molar-refractivity contribution in [1.29, 1.82) is 0 Å². The molecule has 4 aromatic rings. The number of rotatable bonds is 5. The highest BCUT2D eigenvalue weighted by atomic mass is 16.6. The Morgan fingerprint density at radius 2 is 1.96 bits per heavy atom. The number of H-pyrrole nitrogens is 1. The monoisotopic (exact) mass is 349 g/mol. The number of aromatic amines is 1. The predicted octanol–water partition coefficient (Wildman–Crippen LogP) is 3.58. The summed E-state index contributed by atoms with van der Waals surface area (Å²) in [4.78, 5) is 19.6. The largest absolute Gasteiger partial charge is 0.496 e. The molecule has 4 rings (SSSR count). The number of fused-ring (bicyclic) bond motifs is 1. The van der Waals surface area contributed by atoms with Crippen LogP contribution in [0, 0.1) is 0 Å². The van der Waals surface area contributed by atoms with Crippen LogP contribution in [0.15, 0.2) is 59.3 Å². The van der Waals surface area contributed by atoms with E-state index in [1.807, 2.05) is 48.5 Å². The van der Waals surface area contributed by atoms with Crippen molar-refractivity contribution in [2.45, 2.75) is 6.61 Å². The third kappa shape index (κ3) is 2.90. The topological polar surface area (TPSA) is 90.2 Å². The van der Waals surface area contributed by atoms with E-state index in [4.69, 9.17) is 14.0 Å². The van der Waals surface area contributed by atoms with Crippen LogP contribution in [0.5, 0.6) is 5.75 Å². The second-order valence-electron chi connectivity index (χ2n) is 5.54. The van der Waals surface area contributed by atoms with Crippen LogP contribution in [-0.4, -0.2) is 28.2 Å². The normalized spacial score (nSPS) is 10.8. The van der Waals surface area contributed by atoms with Gasteiger partial charge in [-0.25, -0.2) is 4.79 Å². The molecule has 0 atom stereocenters. The molecule has 26 heavy (non-hydrogen) atoms. The van der Waals surface area contributed by atoms with Gasteiger partial charge >= 0.3 is 5.97 Å². The van der Waals surface area contributed by atoms with Crippen molar-refractivity contribution in [3.63, 3.8) is 0 Å². The summed E-state index contributed by atoms with van der Waals surface area (Å²) in [5.74, 6) is 0.759. The van der Waals surface area contributed by atoms with Crippen molar-refractivity contribution < 1.29 is 18.8 Å². The lowest BCUT2D eigenvalue weighted by atomic mass is 10.2. The van der Waals surface area contributed by atoms with E-state index >= 15 is 0 Å². The average Bonchev–Trinajstić information content (AvgIpc) is 3.33. The Morgan fingerprint density at radius 3 is 2.85 bits per heavy atom. The minimum atomic E-state index is -0.459. The molecule has 7 nitrogen and oxygen atoms in total. The predicted molar refractivity (Wildman–Crippen MR) is 93.7 cm³/mol. The molecule has 0 aliphatic carbocycles. The smallest absolute Gasteiger partial charge is 0.340 e. The third-order valence-corrected chi connectivity index (χ3v) is 3.95. The lowest BCUT2D eigenvalue weighted by Crippen LogP contribution is -2.04. The van der Waals surface area contributed by atoms with Crippen LogP contribution in [0.4, 0.5) is 0 Å². The number of esters is 1. The minimum Gasteiger partial charge on any atom is -0.496 e. The SMILES string of the molecule is COc1ccccc1-c1noc(COC(=O)c2c[nH]c3ccccc23)n1. The molecule has 0 spiro atoms. The average molecular weight is 349 g/mol. The van der Waals surface area contributed by atoms with Gasteiger partial charge in [0.1, 0.15) is 5.75 Å². The quantitative estimate of drug-likeness (QED) is 0.554. The number of benzene rings is 2. The highest BCUT2D eigenvalue weighted by molar-refractivity contribution is 6.03. The molecule has 0 bridgehead atoms. The first-order valence-corrected chi connectivity index (χ1v) is 7.95. The Labute approximate surface area is 148 Å². The van der Waals surface area contributed by atoms with Gasteiger partial charge in [0.2, 0.25) is 5.82 Å². The number of ether oxygens (including phenoxy) is 2. The van der Waals surface area contributed by atoms with E-state index < -0.39 is 5.97 Å². The van der Waals surface area contributed by atoms with Crippen LogP contribution in [0.2, 0.25) is 0 Å². The summed E-state index contributed by atoms with van der Waals surface area (Å²) in [7, 11) is 1.57. The van der Waals surface area contributed by atoms with Crippen molar-refractivity contribution in [2.75, 3.05) is 7.11 Å². The summed E-state index contributed by atoms with van der Waals surface area (Å²) in [6, 6.07) is 14.8. The van der Waals surface area contributed by atoms with Crippen molar-refractivity contribution in [2.24, 2.45) is 0 Å². The number of hydrogen-bond acceptors (Lipinski definition) is 6. The molecule has 2 heterocycles. The molecule has 0 aliphatic heterocycles. The van der Waals surface area contributed by atoms with Gasteiger partial charge in [-0.1, -0.05) is 35.5 Å². The first kappa shape index (κ1) is 15.9. The minimum absolute atomic E-state index is 0.111. The number of methoxy groups -OCH3 is 1. The van der Waals surface area contributed by atoms with Crippen LogP contribution in [-0.2, 0) is 11.3 Å². The molecule has 2 aromatic carbocycles. The maximum Gasteiger partial charge on any atom is 0.340 e. The fourth-order valence-corrected chi connectivity index (χ4v) is 2.70. The molecule has 0 fully saturated rings. The summed E-state index contributed by atoms with van der Waals surface area (Å²) in [5, 5.41) is 4.73. The van der Waals surface area contributed by atoms with Gasteiger partial charge in [-0.05, 0) is 18.2 Å². The van der Waals surface area contributed by atoms with Gasteiger partial charge in [0, 0.05) is 17.1 Å². The zero-order chi connectivity index (χ0) is 17.9. The number of aromatic nitrogens is 3. The van der Waals surface area contributed by atoms with E-state index in [0.29, 0.717) is 22.7 Å². The van der Waals surface area contributed by atoms with Gasteiger partial charge in [0.15, 0.2) is 6.61 Å². The standard InChI is InChI=1S/C19H15N3O4/c1-24-16-9-5-3-7-13(16)18-21-17(26-22-18)11-25-19(23)14-10-20-15-8-4-2-6-12(14)15/h2-10,20H,11H2,1H3. The van der Waals surface area contributed by atoms with Crippen LogP contribution in [0.25, 0.3) is 22.3 Å². The fraction of sp³-hybridized carbons (Fsp3) is 0.105. The van der Waals surface area contributed by atoms with Crippen molar-refractivity contribution in [1.82, 2.24) is 15.1 Å². The zero-order valence-electron chi connectivity index (χ0n) is 13.9. The molecule has 0 radical (unpaired) electrons. The molecule has 0 aliphatic rings. The van der Waals surface area contributed by atoms with Crippen LogP contribution in [0.3, 0.4) is 0 Å². The number of nitrogens with one attached hydrogen (secondary N) is 1. The number of hydrogen-bond donors (Lipinski definition) is 1. The Hall–Kier alpha value is -3.61. The summed E-state index contributed by atoms with van der Waals surface area (Å²) >= 11 is 0. The van der Waals surface area contributed by atoms with Gasteiger partial charge in [-0.2, -0.15) is 4.98 Å². The van der Waals surface area contributed by atoms with E-state index in [0.717, 1.165) is 10.9 Å². The number of carbonyl (C=O) groups is 1.